The third-order valence-electron chi connectivity index (χ3n) is 4.73. The average Bonchev–Trinajstić information content (AvgIpc) is 3.38. The molecule has 1 atom stereocenters. The molecule has 0 bridgehead atoms. The van der Waals surface area contributed by atoms with Gasteiger partial charge in [0.2, 0.25) is 10.0 Å². The quantitative estimate of drug-likeness (QED) is 0.588. The van der Waals surface area contributed by atoms with Crippen LogP contribution in [0.5, 0.6) is 0 Å². The molecule has 0 unspecified atom stereocenters. The number of ether oxygens (including phenoxy) is 1. The third kappa shape index (κ3) is 3.67. The second-order valence-electron chi connectivity index (χ2n) is 6.70. The van der Waals surface area contributed by atoms with Crippen molar-refractivity contribution in [3.05, 3.63) is 59.1 Å². The molecule has 146 valence electrons. The van der Waals surface area contributed by atoms with Gasteiger partial charge in [0.1, 0.15) is 5.01 Å². The van der Waals surface area contributed by atoms with Gasteiger partial charge in [-0.3, -0.25) is 0 Å². The molecule has 0 amide bonds. The lowest BCUT2D eigenvalue weighted by Crippen LogP contribution is -2.27. The number of para-hydroxylation sites is 1. The van der Waals surface area contributed by atoms with Crippen molar-refractivity contribution < 1.29 is 17.9 Å². The third-order valence-corrected chi connectivity index (χ3v) is 7.85. The van der Waals surface area contributed by atoms with Gasteiger partial charge in [-0.05, 0) is 56.2 Å². The SMILES string of the molecule is C[C@@H](OC(=O)c1ccc(S(=O)(=O)N2CCCC2)cc1)c1nc2ccccc2s1. The summed E-state index contributed by atoms with van der Waals surface area (Å²) < 4.78 is 33.2. The van der Waals surface area contributed by atoms with Gasteiger partial charge in [0.25, 0.3) is 0 Å². The Hall–Kier alpha value is -2.29. The number of nitrogens with zero attached hydrogens (tertiary/aromatic N) is 2. The fraction of sp³-hybridized carbons (Fsp3) is 0.300. The van der Waals surface area contributed by atoms with Crippen molar-refractivity contribution in [2.45, 2.75) is 30.8 Å². The molecule has 4 rings (SSSR count). The lowest BCUT2D eigenvalue weighted by atomic mass is 10.2. The second-order valence-corrected chi connectivity index (χ2v) is 9.70. The monoisotopic (exact) mass is 416 g/mol. The number of rotatable bonds is 5. The Morgan fingerprint density at radius 1 is 1.11 bits per heavy atom. The predicted octanol–water partition coefficient (Wildman–Crippen LogP) is 4.00. The van der Waals surface area contributed by atoms with Gasteiger partial charge in [-0.25, -0.2) is 18.2 Å². The van der Waals surface area contributed by atoms with Gasteiger partial charge in [-0.1, -0.05) is 12.1 Å². The molecule has 28 heavy (non-hydrogen) atoms. The first-order chi connectivity index (χ1) is 13.4. The largest absolute Gasteiger partial charge is 0.452 e. The van der Waals surface area contributed by atoms with E-state index in [0.717, 1.165) is 28.1 Å². The second kappa shape index (κ2) is 7.62. The van der Waals surface area contributed by atoms with E-state index in [1.165, 1.54) is 39.9 Å². The van der Waals surface area contributed by atoms with E-state index < -0.39 is 22.1 Å². The molecule has 3 aromatic rings. The zero-order valence-electron chi connectivity index (χ0n) is 15.4. The first-order valence-corrected chi connectivity index (χ1v) is 11.4. The van der Waals surface area contributed by atoms with E-state index in [1.54, 1.807) is 6.92 Å². The molecule has 1 aromatic heterocycles. The van der Waals surface area contributed by atoms with E-state index in [-0.39, 0.29) is 4.90 Å². The number of fused-ring (bicyclic) bond motifs is 1. The zero-order valence-corrected chi connectivity index (χ0v) is 17.0. The summed E-state index contributed by atoms with van der Waals surface area (Å²) in [6, 6.07) is 13.7. The number of aromatic nitrogens is 1. The summed E-state index contributed by atoms with van der Waals surface area (Å²) >= 11 is 1.49. The van der Waals surface area contributed by atoms with Crippen LogP contribution in [0.3, 0.4) is 0 Å². The van der Waals surface area contributed by atoms with Crippen LogP contribution in [-0.2, 0) is 14.8 Å². The van der Waals surface area contributed by atoms with E-state index >= 15 is 0 Å². The summed E-state index contributed by atoms with van der Waals surface area (Å²) in [5.41, 5.74) is 1.19. The molecule has 0 spiro atoms. The molecule has 0 N–H and O–H groups in total. The number of esters is 1. The highest BCUT2D eigenvalue weighted by Gasteiger charge is 2.27. The standard InChI is InChI=1S/C20H20N2O4S2/c1-14(19-21-17-6-2-3-7-18(17)27-19)26-20(23)15-8-10-16(11-9-15)28(24,25)22-12-4-5-13-22/h2-3,6-11,14H,4-5,12-13H2,1H3/t14-/m1/s1. The van der Waals surface area contributed by atoms with Gasteiger partial charge in [0.05, 0.1) is 20.7 Å². The fourth-order valence-electron chi connectivity index (χ4n) is 3.18. The Morgan fingerprint density at radius 2 is 1.79 bits per heavy atom. The van der Waals surface area contributed by atoms with Crippen molar-refractivity contribution in [3.8, 4) is 0 Å². The molecule has 8 heteroatoms. The van der Waals surface area contributed by atoms with Crippen molar-refractivity contribution in [1.82, 2.24) is 9.29 Å². The highest BCUT2D eigenvalue weighted by atomic mass is 32.2. The Kier molecular flexibility index (Phi) is 5.18. The maximum atomic E-state index is 12.6. The summed E-state index contributed by atoms with van der Waals surface area (Å²) in [5, 5.41) is 0.725. The normalized spacial score (nSPS) is 16.3. The van der Waals surface area contributed by atoms with Crippen LogP contribution in [0.4, 0.5) is 0 Å². The van der Waals surface area contributed by atoms with Crippen molar-refractivity contribution >= 4 is 37.5 Å². The molecule has 2 aromatic carbocycles. The topological polar surface area (TPSA) is 76.6 Å². The molecule has 0 aliphatic carbocycles. The lowest BCUT2D eigenvalue weighted by molar-refractivity contribution is 0.0337. The van der Waals surface area contributed by atoms with Crippen molar-refractivity contribution in [3.63, 3.8) is 0 Å². The molecule has 0 saturated carbocycles. The number of hydrogen-bond donors (Lipinski definition) is 0. The predicted molar refractivity (Wildman–Crippen MR) is 108 cm³/mol. The molecular weight excluding hydrogens is 396 g/mol. The van der Waals surface area contributed by atoms with E-state index in [2.05, 4.69) is 4.98 Å². The summed E-state index contributed by atoms with van der Waals surface area (Å²) in [6.07, 6.45) is 1.28. The van der Waals surface area contributed by atoms with Gasteiger partial charge >= 0.3 is 5.97 Å². The molecule has 1 fully saturated rings. The number of sulfonamides is 1. The molecule has 0 radical (unpaired) electrons. The minimum Gasteiger partial charge on any atom is -0.452 e. The Bertz CT molecular complexity index is 1070. The minimum absolute atomic E-state index is 0.199. The van der Waals surface area contributed by atoms with Gasteiger partial charge < -0.3 is 4.74 Å². The van der Waals surface area contributed by atoms with E-state index in [9.17, 15) is 13.2 Å². The molecule has 2 heterocycles. The van der Waals surface area contributed by atoms with Gasteiger partial charge in [0, 0.05) is 13.1 Å². The molecule has 1 aliphatic heterocycles. The van der Waals surface area contributed by atoms with Crippen LogP contribution >= 0.6 is 11.3 Å². The van der Waals surface area contributed by atoms with Crippen LogP contribution < -0.4 is 0 Å². The van der Waals surface area contributed by atoms with Crippen LogP contribution in [0, 0.1) is 0 Å². The van der Waals surface area contributed by atoms with E-state index in [4.69, 9.17) is 4.74 Å². The molecule has 1 aliphatic rings. The van der Waals surface area contributed by atoms with Crippen LogP contribution in [0.25, 0.3) is 10.2 Å². The fourth-order valence-corrected chi connectivity index (χ4v) is 5.65. The number of carbonyl (C=O) groups excluding carboxylic acids is 1. The first-order valence-electron chi connectivity index (χ1n) is 9.12. The Labute approximate surface area is 167 Å². The minimum atomic E-state index is -3.49. The summed E-state index contributed by atoms with van der Waals surface area (Å²) in [7, 11) is -3.49. The molecule has 1 saturated heterocycles. The van der Waals surface area contributed by atoms with Crippen LogP contribution in [-0.4, -0.2) is 36.8 Å². The summed E-state index contributed by atoms with van der Waals surface area (Å²) in [5.74, 6) is -0.503. The van der Waals surface area contributed by atoms with E-state index in [1.807, 2.05) is 24.3 Å². The smallest absolute Gasteiger partial charge is 0.338 e. The summed E-state index contributed by atoms with van der Waals surface area (Å²) in [4.78, 5) is 17.2. The van der Waals surface area contributed by atoms with Crippen molar-refractivity contribution in [2.24, 2.45) is 0 Å². The number of hydrogen-bond acceptors (Lipinski definition) is 6. The van der Waals surface area contributed by atoms with Crippen molar-refractivity contribution in [2.75, 3.05) is 13.1 Å². The maximum absolute atomic E-state index is 12.6. The highest BCUT2D eigenvalue weighted by Crippen LogP contribution is 2.29. The Morgan fingerprint density at radius 3 is 2.46 bits per heavy atom. The molecule has 6 nitrogen and oxygen atoms in total. The zero-order chi connectivity index (χ0) is 19.7. The van der Waals surface area contributed by atoms with Gasteiger partial charge in [0.15, 0.2) is 6.10 Å². The number of thiazole rings is 1. The number of carbonyl (C=O) groups is 1. The van der Waals surface area contributed by atoms with Crippen molar-refractivity contribution in [1.29, 1.82) is 0 Å². The first kappa shape index (κ1) is 19.0. The number of benzene rings is 2. The van der Waals surface area contributed by atoms with Crippen LogP contribution in [0.1, 0.15) is 41.2 Å². The highest BCUT2D eigenvalue weighted by molar-refractivity contribution is 7.89. The van der Waals surface area contributed by atoms with Crippen LogP contribution in [0.2, 0.25) is 0 Å². The van der Waals surface area contributed by atoms with Gasteiger partial charge in [-0.2, -0.15) is 4.31 Å². The summed E-state index contributed by atoms with van der Waals surface area (Å²) in [6.45, 7) is 2.87. The van der Waals surface area contributed by atoms with E-state index in [0.29, 0.717) is 18.7 Å². The Balaban J connectivity index is 1.47. The maximum Gasteiger partial charge on any atom is 0.338 e. The lowest BCUT2D eigenvalue weighted by Gasteiger charge is -2.15. The van der Waals surface area contributed by atoms with Gasteiger partial charge in [-0.15, -0.1) is 11.3 Å². The average molecular weight is 417 g/mol. The van der Waals surface area contributed by atoms with Crippen LogP contribution in [0.15, 0.2) is 53.4 Å². The molecular formula is C20H20N2O4S2.